The van der Waals surface area contributed by atoms with Crippen LogP contribution in [-0.4, -0.2) is 62.6 Å². The van der Waals surface area contributed by atoms with Gasteiger partial charge in [-0.2, -0.15) is 18.3 Å². The number of hydrogen-bond acceptors (Lipinski definition) is 4. The fourth-order valence-electron chi connectivity index (χ4n) is 3.14. The van der Waals surface area contributed by atoms with Gasteiger partial charge in [-0.1, -0.05) is 0 Å². The van der Waals surface area contributed by atoms with Crippen molar-refractivity contribution in [1.29, 1.82) is 0 Å². The molecule has 3 heterocycles. The number of nitrogens with zero attached hydrogens (tertiary/aromatic N) is 5. The van der Waals surface area contributed by atoms with Crippen LogP contribution in [-0.2, 0) is 11.0 Å². The molecule has 1 saturated heterocycles. The molecular formula is C18H20F3N5O2. The molecule has 10 heteroatoms. The van der Waals surface area contributed by atoms with Gasteiger partial charge in [-0.05, 0) is 25.5 Å². The topological polar surface area (TPSA) is 71.3 Å². The summed E-state index contributed by atoms with van der Waals surface area (Å²) in [5.74, 6) is -0.0455. The molecule has 2 aromatic rings. The minimum atomic E-state index is -4.47. The number of pyridine rings is 1. The molecule has 0 saturated carbocycles. The zero-order valence-electron chi connectivity index (χ0n) is 15.5. The summed E-state index contributed by atoms with van der Waals surface area (Å²) >= 11 is 0. The average Bonchev–Trinajstić information content (AvgIpc) is 2.86. The quantitative estimate of drug-likeness (QED) is 0.782. The summed E-state index contributed by atoms with van der Waals surface area (Å²) in [7, 11) is 0. The Hall–Kier alpha value is -2.91. The van der Waals surface area contributed by atoms with Gasteiger partial charge in [0.25, 0.3) is 5.91 Å². The number of aromatic nitrogens is 3. The second-order valence-electron chi connectivity index (χ2n) is 6.61. The summed E-state index contributed by atoms with van der Waals surface area (Å²) in [6.45, 7) is 5.18. The second kappa shape index (κ2) is 7.61. The minimum Gasteiger partial charge on any atom is -0.341 e. The number of halogens is 3. The van der Waals surface area contributed by atoms with Gasteiger partial charge in [0.1, 0.15) is 0 Å². The third kappa shape index (κ3) is 4.00. The Kier molecular flexibility index (Phi) is 5.39. The molecule has 3 rings (SSSR count). The highest BCUT2D eigenvalue weighted by atomic mass is 19.4. The van der Waals surface area contributed by atoms with Crippen LogP contribution in [0.5, 0.6) is 0 Å². The first-order chi connectivity index (χ1) is 13.2. The van der Waals surface area contributed by atoms with Crippen molar-refractivity contribution in [1.82, 2.24) is 24.6 Å². The molecule has 0 spiro atoms. The van der Waals surface area contributed by atoms with E-state index in [1.165, 1.54) is 23.9 Å². The first-order valence-electron chi connectivity index (χ1n) is 8.81. The predicted octanol–water partition coefficient (Wildman–Crippen LogP) is 2.29. The normalized spacial score (nSPS) is 15.5. The Morgan fingerprint density at radius 3 is 2.32 bits per heavy atom. The molecule has 0 atom stereocenters. The third-order valence-corrected chi connectivity index (χ3v) is 4.76. The maximum absolute atomic E-state index is 12.9. The van der Waals surface area contributed by atoms with Gasteiger partial charge in [0, 0.05) is 39.3 Å². The van der Waals surface area contributed by atoms with Crippen LogP contribution in [0, 0.1) is 6.92 Å². The molecule has 7 nitrogen and oxygen atoms in total. The van der Waals surface area contributed by atoms with Crippen LogP contribution in [0.2, 0.25) is 0 Å². The van der Waals surface area contributed by atoms with E-state index in [1.807, 2.05) is 0 Å². The number of amides is 2. The predicted molar refractivity (Wildman–Crippen MR) is 93.9 cm³/mol. The van der Waals surface area contributed by atoms with Gasteiger partial charge in [0.05, 0.1) is 23.0 Å². The molecule has 0 bridgehead atoms. The highest BCUT2D eigenvalue weighted by molar-refractivity contribution is 5.95. The standard InChI is InChI=1S/C18H20F3N5O2/c1-12-15(17(28)25-7-3-6-24(8-9-25)13(2)27)11-23-26(12)16-5-4-14(10-22-16)18(19,20)21/h4-5,10-11H,3,6-9H2,1-2H3. The Labute approximate surface area is 159 Å². The lowest BCUT2D eigenvalue weighted by atomic mass is 10.2. The summed E-state index contributed by atoms with van der Waals surface area (Å²) in [4.78, 5) is 31.6. The van der Waals surface area contributed by atoms with Crippen molar-refractivity contribution in [2.24, 2.45) is 0 Å². The zero-order chi connectivity index (χ0) is 20.5. The van der Waals surface area contributed by atoms with E-state index in [2.05, 4.69) is 10.1 Å². The van der Waals surface area contributed by atoms with Crippen LogP contribution < -0.4 is 0 Å². The van der Waals surface area contributed by atoms with Gasteiger partial charge in [-0.3, -0.25) is 9.59 Å². The lowest BCUT2D eigenvalue weighted by Gasteiger charge is -2.21. The van der Waals surface area contributed by atoms with Crippen molar-refractivity contribution in [3.05, 3.63) is 41.3 Å². The SMILES string of the molecule is CC(=O)N1CCCN(C(=O)c2cnn(-c3ccc(C(F)(F)F)cn3)c2C)CC1. The van der Waals surface area contributed by atoms with Crippen LogP contribution in [0.1, 0.15) is 35.0 Å². The van der Waals surface area contributed by atoms with E-state index in [0.717, 1.165) is 12.3 Å². The minimum absolute atomic E-state index is 0.0216. The number of carbonyl (C=O) groups is 2. The van der Waals surface area contributed by atoms with E-state index in [1.54, 1.807) is 16.7 Å². The highest BCUT2D eigenvalue weighted by Gasteiger charge is 2.31. The van der Waals surface area contributed by atoms with Crippen molar-refractivity contribution < 1.29 is 22.8 Å². The van der Waals surface area contributed by atoms with Gasteiger partial charge < -0.3 is 9.80 Å². The van der Waals surface area contributed by atoms with E-state index < -0.39 is 11.7 Å². The zero-order valence-corrected chi connectivity index (χ0v) is 15.5. The van der Waals surface area contributed by atoms with E-state index >= 15 is 0 Å². The van der Waals surface area contributed by atoms with Crippen molar-refractivity contribution in [2.75, 3.05) is 26.2 Å². The van der Waals surface area contributed by atoms with Gasteiger partial charge in [-0.15, -0.1) is 0 Å². The lowest BCUT2D eigenvalue weighted by molar-refractivity contribution is -0.137. The monoisotopic (exact) mass is 395 g/mol. The Balaban J connectivity index is 1.79. The fourth-order valence-corrected chi connectivity index (χ4v) is 3.14. The Bertz CT molecular complexity index is 876. The molecular weight excluding hydrogens is 375 g/mol. The van der Waals surface area contributed by atoms with Crippen LogP contribution in [0.3, 0.4) is 0 Å². The molecule has 0 unspecified atom stereocenters. The molecule has 0 aromatic carbocycles. The van der Waals surface area contributed by atoms with E-state index in [0.29, 0.717) is 43.9 Å². The van der Waals surface area contributed by atoms with Gasteiger partial charge in [0.2, 0.25) is 5.91 Å². The van der Waals surface area contributed by atoms with Crippen LogP contribution >= 0.6 is 0 Å². The van der Waals surface area contributed by atoms with Crippen molar-refractivity contribution in [3.8, 4) is 5.82 Å². The van der Waals surface area contributed by atoms with Crippen LogP contribution in [0.4, 0.5) is 13.2 Å². The molecule has 0 radical (unpaired) electrons. The smallest absolute Gasteiger partial charge is 0.341 e. The molecule has 28 heavy (non-hydrogen) atoms. The number of carbonyl (C=O) groups excluding carboxylic acids is 2. The lowest BCUT2D eigenvalue weighted by Crippen LogP contribution is -2.36. The Morgan fingerprint density at radius 1 is 1.04 bits per heavy atom. The molecule has 2 aromatic heterocycles. The number of alkyl halides is 3. The first-order valence-corrected chi connectivity index (χ1v) is 8.81. The van der Waals surface area contributed by atoms with Crippen molar-refractivity contribution in [2.45, 2.75) is 26.4 Å². The second-order valence-corrected chi connectivity index (χ2v) is 6.61. The first kappa shape index (κ1) is 19.8. The maximum atomic E-state index is 12.9. The molecule has 150 valence electrons. The Morgan fingerprint density at radius 2 is 1.71 bits per heavy atom. The van der Waals surface area contributed by atoms with Crippen molar-refractivity contribution >= 4 is 11.8 Å². The van der Waals surface area contributed by atoms with Crippen molar-refractivity contribution in [3.63, 3.8) is 0 Å². The maximum Gasteiger partial charge on any atom is 0.417 e. The summed E-state index contributed by atoms with van der Waals surface area (Å²) in [6.07, 6.45) is -1.65. The van der Waals surface area contributed by atoms with Crippen LogP contribution in [0.15, 0.2) is 24.5 Å². The number of rotatable bonds is 2. The van der Waals surface area contributed by atoms with Gasteiger partial charge in [0.15, 0.2) is 5.82 Å². The summed E-state index contributed by atoms with van der Waals surface area (Å²) < 4.78 is 39.4. The summed E-state index contributed by atoms with van der Waals surface area (Å²) in [6, 6.07) is 2.14. The molecule has 1 fully saturated rings. The van der Waals surface area contributed by atoms with E-state index in [-0.39, 0.29) is 17.6 Å². The highest BCUT2D eigenvalue weighted by Crippen LogP contribution is 2.29. The largest absolute Gasteiger partial charge is 0.417 e. The molecule has 1 aliphatic heterocycles. The van der Waals surface area contributed by atoms with E-state index in [9.17, 15) is 22.8 Å². The van der Waals surface area contributed by atoms with Crippen LogP contribution in [0.25, 0.3) is 5.82 Å². The average molecular weight is 395 g/mol. The molecule has 0 aliphatic carbocycles. The molecule has 2 amide bonds. The van der Waals surface area contributed by atoms with Gasteiger partial charge in [-0.25, -0.2) is 9.67 Å². The van der Waals surface area contributed by atoms with E-state index in [4.69, 9.17) is 0 Å². The fraction of sp³-hybridized carbons (Fsp3) is 0.444. The molecule has 1 aliphatic rings. The van der Waals surface area contributed by atoms with Gasteiger partial charge >= 0.3 is 6.18 Å². The molecule has 0 N–H and O–H groups in total. The summed E-state index contributed by atoms with van der Waals surface area (Å²) in [5.41, 5.74) is -0.000135. The third-order valence-electron chi connectivity index (χ3n) is 4.76. The number of hydrogen-bond donors (Lipinski definition) is 0. The summed E-state index contributed by atoms with van der Waals surface area (Å²) in [5, 5.41) is 4.12.